The van der Waals surface area contributed by atoms with Crippen molar-refractivity contribution in [1.29, 1.82) is 0 Å². The third-order valence-electron chi connectivity index (χ3n) is 6.15. The number of benzene rings is 3. The van der Waals surface area contributed by atoms with Gasteiger partial charge in [0.1, 0.15) is 5.75 Å². The predicted octanol–water partition coefficient (Wildman–Crippen LogP) is 4.24. The number of hydrogen-bond donors (Lipinski definition) is 1. The highest BCUT2D eigenvalue weighted by Crippen LogP contribution is 2.43. The maximum Gasteiger partial charge on any atom is 0.161 e. The van der Waals surface area contributed by atoms with Crippen LogP contribution in [0.25, 0.3) is 21.5 Å². The van der Waals surface area contributed by atoms with Gasteiger partial charge < -0.3 is 14.6 Å². The third kappa shape index (κ3) is 2.18. The lowest BCUT2D eigenvalue weighted by atomic mass is 9.85. The van der Waals surface area contributed by atoms with Gasteiger partial charge in [-0.2, -0.15) is 0 Å². The molecule has 4 heteroatoms. The molecule has 0 unspecified atom stereocenters. The molecular weight excluding hydrogens is 326 g/mol. The molecule has 0 amide bonds. The van der Waals surface area contributed by atoms with Crippen molar-refractivity contribution in [2.45, 2.75) is 31.8 Å². The average molecular weight is 349 g/mol. The van der Waals surface area contributed by atoms with Crippen molar-refractivity contribution in [3.05, 3.63) is 41.5 Å². The van der Waals surface area contributed by atoms with Crippen LogP contribution >= 0.6 is 0 Å². The van der Waals surface area contributed by atoms with Gasteiger partial charge in [0.05, 0.1) is 14.2 Å². The van der Waals surface area contributed by atoms with Crippen molar-refractivity contribution >= 4 is 21.5 Å². The van der Waals surface area contributed by atoms with Gasteiger partial charge in [0, 0.05) is 12.6 Å². The van der Waals surface area contributed by atoms with Gasteiger partial charge in [-0.1, -0.05) is 6.07 Å². The minimum absolute atomic E-state index is 0.202. The molecule has 3 aromatic rings. The molecule has 2 aliphatic rings. The van der Waals surface area contributed by atoms with Gasteiger partial charge in [-0.25, -0.2) is 0 Å². The molecule has 3 aromatic carbocycles. The van der Waals surface area contributed by atoms with Crippen LogP contribution in [0.15, 0.2) is 30.3 Å². The second-order valence-electron chi connectivity index (χ2n) is 7.41. The lowest BCUT2D eigenvalue weighted by molar-refractivity contribution is 0.229. The predicted molar refractivity (Wildman–Crippen MR) is 103 cm³/mol. The molecular formula is C22H23NO3. The van der Waals surface area contributed by atoms with Crippen LogP contribution in [0.1, 0.15) is 24.0 Å². The van der Waals surface area contributed by atoms with E-state index >= 15 is 0 Å². The van der Waals surface area contributed by atoms with Crippen LogP contribution in [0, 0.1) is 0 Å². The standard InChI is InChI=1S/C22H23NO3/c1-25-14-5-6-15-16-8-13-4-3-7-23(13)12-20(16)18-10-21(24)22(26-2)11-19(18)17(15)9-14/h5-6,9-11,13,24H,3-4,7-8,12H2,1-2H3/t13-/m1/s1. The Labute approximate surface area is 152 Å². The van der Waals surface area contributed by atoms with Crippen molar-refractivity contribution in [3.8, 4) is 17.2 Å². The number of rotatable bonds is 2. The number of phenols is 1. The SMILES string of the molecule is COc1ccc2c3c(c4cc(O)c(OC)cc4c2c1)CN1CCC[C@@H]1C3. The summed E-state index contributed by atoms with van der Waals surface area (Å²) < 4.78 is 10.9. The number of hydrogen-bond acceptors (Lipinski definition) is 4. The highest BCUT2D eigenvalue weighted by molar-refractivity contribution is 6.12. The van der Waals surface area contributed by atoms with E-state index in [9.17, 15) is 5.11 Å². The van der Waals surface area contributed by atoms with Gasteiger partial charge in [-0.05, 0) is 82.7 Å². The maximum atomic E-state index is 10.4. The molecule has 5 rings (SSSR count). The number of fused-ring (bicyclic) bond motifs is 7. The minimum atomic E-state index is 0.202. The molecule has 0 saturated carbocycles. The molecule has 0 bridgehead atoms. The van der Waals surface area contributed by atoms with Gasteiger partial charge in [-0.3, -0.25) is 4.90 Å². The number of methoxy groups -OCH3 is 2. The van der Waals surface area contributed by atoms with E-state index in [1.165, 1.54) is 41.3 Å². The second-order valence-corrected chi connectivity index (χ2v) is 7.41. The first-order valence-electron chi connectivity index (χ1n) is 9.26. The van der Waals surface area contributed by atoms with Crippen molar-refractivity contribution in [1.82, 2.24) is 4.90 Å². The second kappa shape index (κ2) is 5.78. The highest BCUT2D eigenvalue weighted by atomic mass is 16.5. The Kier molecular flexibility index (Phi) is 3.50. The molecule has 0 spiro atoms. The van der Waals surface area contributed by atoms with Crippen molar-refractivity contribution < 1.29 is 14.6 Å². The Morgan fingerprint density at radius 2 is 1.81 bits per heavy atom. The molecule has 0 radical (unpaired) electrons. The highest BCUT2D eigenvalue weighted by Gasteiger charge is 2.32. The molecule has 1 saturated heterocycles. The minimum Gasteiger partial charge on any atom is -0.504 e. The summed E-state index contributed by atoms with van der Waals surface area (Å²) in [6.07, 6.45) is 3.64. The van der Waals surface area contributed by atoms with Crippen LogP contribution in [-0.4, -0.2) is 36.8 Å². The molecule has 1 N–H and O–H groups in total. The Bertz CT molecular complexity index is 1030. The molecule has 26 heavy (non-hydrogen) atoms. The summed E-state index contributed by atoms with van der Waals surface area (Å²) in [4.78, 5) is 2.60. The third-order valence-corrected chi connectivity index (χ3v) is 6.15. The summed E-state index contributed by atoms with van der Waals surface area (Å²) in [7, 11) is 3.29. The largest absolute Gasteiger partial charge is 0.504 e. The lowest BCUT2D eigenvalue weighted by Crippen LogP contribution is -2.35. The van der Waals surface area contributed by atoms with Crippen LogP contribution in [0.3, 0.4) is 0 Å². The Morgan fingerprint density at radius 3 is 2.62 bits per heavy atom. The fourth-order valence-electron chi connectivity index (χ4n) is 4.85. The molecule has 4 nitrogen and oxygen atoms in total. The molecule has 134 valence electrons. The van der Waals surface area contributed by atoms with Crippen LogP contribution in [-0.2, 0) is 13.0 Å². The van der Waals surface area contributed by atoms with Gasteiger partial charge >= 0.3 is 0 Å². The van der Waals surface area contributed by atoms with E-state index in [-0.39, 0.29) is 5.75 Å². The van der Waals surface area contributed by atoms with Gasteiger partial charge in [0.2, 0.25) is 0 Å². The Balaban J connectivity index is 1.89. The van der Waals surface area contributed by atoms with E-state index in [0.29, 0.717) is 11.8 Å². The number of nitrogens with zero attached hydrogens (tertiary/aromatic N) is 1. The smallest absolute Gasteiger partial charge is 0.161 e. The Hall–Kier alpha value is -2.46. The number of aromatic hydroxyl groups is 1. The van der Waals surface area contributed by atoms with Gasteiger partial charge in [0.25, 0.3) is 0 Å². The van der Waals surface area contributed by atoms with Crippen LogP contribution < -0.4 is 9.47 Å². The zero-order valence-corrected chi connectivity index (χ0v) is 15.2. The monoisotopic (exact) mass is 349 g/mol. The van der Waals surface area contributed by atoms with Crippen LogP contribution in [0.4, 0.5) is 0 Å². The van der Waals surface area contributed by atoms with Crippen molar-refractivity contribution in [2.75, 3.05) is 20.8 Å². The summed E-state index contributed by atoms with van der Waals surface area (Å²) in [6, 6.07) is 10.8. The first-order valence-corrected chi connectivity index (χ1v) is 9.26. The molecule has 2 heterocycles. The van der Waals surface area contributed by atoms with E-state index in [1.54, 1.807) is 14.2 Å². The van der Waals surface area contributed by atoms with E-state index in [0.717, 1.165) is 29.5 Å². The average Bonchev–Trinajstić information content (AvgIpc) is 3.13. The van der Waals surface area contributed by atoms with Crippen LogP contribution in [0.5, 0.6) is 17.2 Å². The zero-order valence-electron chi connectivity index (χ0n) is 15.2. The van der Waals surface area contributed by atoms with E-state index in [2.05, 4.69) is 17.0 Å². The normalized spacial score (nSPS) is 19.5. The van der Waals surface area contributed by atoms with E-state index in [4.69, 9.17) is 9.47 Å². The summed E-state index contributed by atoms with van der Waals surface area (Å²) in [5.41, 5.74) is 2.79. The summed E-state index contributed by atoms with van der Waals surface area (Å²) in [5, 5.41) is 15.1. The number of phenolic OH excluding ortho intramolecular Hbond substituents is 1. The summed E-state index contributed by atoms with van der Waals surface area (Å²) in [5.74, 6) is 1.56. The quantitative estimate of drug-likeness (QED) is 0.703. The molecule has 0 aliphatic carbocycles. The topological polar surface area (TPSA) is 41.9 Å². The number of ether oxygens (including phenoxy) is 2. The van der Waals surface area contributed by atoms with Gasteiger partial charge in [0.15, 0.2) is 11.5 Å². The fraction of sp³-hybridized carbons (Fsp3) is 0.364. The molecule has 1 fully saturated rings. The lowest BCUT2D eigenvalue weighted by Gasteiger charge is -2.33. The van der Waals surface area contributed by atoms with Crippen molar-refractivity contribution in [3.63, 3.8) is 0 Å². The van der Waals surface area contributed by atoms with E-state index in [1.807, 2.05) is 18.2 Å². The summed E-state index contributed by atoms with van der Waals surface area (Å²) >= 11 is 0. The first-order chi connectivity index (χ1) is 12.7. The molecule has 1 atom stereocenters. The summed E-state index contributed by atoms with van der Waals surface area (Å²) in [6.45, 7) is 2.14. The Morgan fingerprint density at radius 1 is 0.962 bits per heavy atom. The molecule has 2 aliphatic heterocycles. The first kappa shape index (κ1) is 15.8. The van der Waals surface area contributed by atoms with Gasteiger partial charge in [-0.15, -0.1) is 0 Å². The molecule has 0 aromatic heterocycles. The maximum absolute atomic E-state index is 10.4. The zero-order chi connectivity index (χ0) is 17.8. The fourth-order valence-corrected chi connectivity index (χ4v) is 4.85. The van der Waals surface area contributed by atoms with Crippen LogP contribution in [0.2, 0.25) is 0 Å². The van der Waals surface area contributed by atoms with E-state index < -0.39 is 0 Å². The van der Waals surface area contributed by atoms with Crippen molar-refractivity contribution in [2.24, 2.45) is 0 Å².